The molecule has 1 aromatic carbocycles. The van der Waals surface area contributed by atoms with Crippen LogP contribution in [0.4, 0.5) is 0 Å². The number of benzene rings is 1. The van der Waals surface area contributed by atoms with Crippen LogP contribution in [0.3, 0.4) is 0 Å². The van der Waals surface area contributed by atoms with Gasteiger partial charge < -0.3 is 4.74 Å². The SMILES string of the molecule is CC(CCCCO[C]=O)c1ccccc1. The summed E-state index contributed by atoms with van der Waals surface area (Å²) in [4.78, 5) is 9.78. The minimum Gasteiger partial charge on any atom is -0.457 e. The minimum absolute atomic E-state index is 0.491. The zero-order valence-electron chi connectivity index (χ0n) is 9.11. The van der Waals surface area contributed by atoms with Gasteiger partial charge in [-0.05, 0) is 30.7 Å². The van der Waals surface area contributed by atoms with Crippen molar-refractivity contribution in [2.45, 2.75) is 32.1 Å². The van der Waals surface area contributed by atoms with Crippen molar-refractivity contribution in [1.29, 1.82) is 0 Å². The third kappa shape index (κ3) is 4.63. The van der Waals surface area contributed by atoms with Gasteiger partial charge in [-0.2, -0.15) is 0 Å². The lowest BCUT2D eigenvalue weighted by Crippen LogP contribution is -1.96. The first kappa shape index (κ1) is 11.8. The van der Waals surface area contributed by atoms with Crippen molar-refractivity contribution in [2.24, 2.45) is 0 Å². The Morgan fingerprint density at radius 1 is 1.27 bits per heavy atom. The number of ether oxygens (including phenoxy) is 1. The Balaban J connectivity index is 2.19. The molecule has 0 saturated carbocycles. The first-order chi connectivity index (χ1) is 7.34. The Bertz CT molecular complexity index is 269. The van der Waals surface area contributed by atoms with Crippen molar-refractivity contribution in [3.8, 4) is 0 Å². The third-order valence-electron chi connectivity index (χ3n) is 2.56. The van der Waals surface area contributed by atoms with Gasteiger partial charge in [0, 0.05) is 0 Å². The summed E-state index contributed by atoms with van der Waals surface area (Å²) in [6, 6.07) is 10.5. The molecular weight excluding hydrogens is 188 g/mol. The van der Waals surface area contributed by atoms with Crippen LogP contribution in [0.5, 0.6) is 0 Å². The maximum absolute atomic E-state index is 9.78. The Morgan fingerprint density at radius 3 is 2.67 bits per heavy atom. The van der Waals surface area contributed by atoms with E-state index in [1.165, 1.54) is 12.0 Å². The average molecular weight is 205 g/mol. The molecule has 0 heterocycles. The van der Waals surface area contributed by atoms with Gasteiger partial charge in [0.2, 0.25) is 0 Å². The van der Waals surface area contributed by atoms with Gasteiger partial charge in [0.05, 0.1) is 6.61 Å². The Kier molecular flexibility index (Phi) is 5.52. The molecule has 0 N–H and O–H groups in total. The molecule has 0 spiro atoms. The fraction of sp³-hybridized carbons (Fsp3) is 0.462. The van der Waals surface area contributed by atoms with E-state index >= 15 is 0 Å². The van der Waals surface area contributed by atoms with Crippen LogP contribution < -0.4 is 0 Å². The normalized spacial score (nSPS) is 12.1. The highest BCUT2D eigenvalue weighted by atomic mass is 16.5. The van der Waals surface area contributed by atoms with Crippen LogP contribution in [0, 0.1) is 0 Å². The monoisotopic (exact) mass is 205 g/mol. The molecule has 0 amide bonds. The van der Waals surface area contributed by atoms with Crippen LogP contribution in [0.2, 0.25) is 0 Å². The molecule has 0 aromatic heterocycles. The fourth-order valence-electron chi connectivity index (χ4n) is 1.61. The molecule has 0 aliphatic heterocycles. The summed E-state index contributed by atoms with van der Waals surface area (Å²) in [6.07, 6.45) is 3.14. The summed E-state index contributed by atoms with van der Waals surface area (Å²) < 4.78 is 4.52. The quantitative estimate of drug-likeness (QED) is 0.639. The molecular formula is C13H17O2. The second-order valence-electron chi connectivity index (χ2n) is 3.74. The van der Waals surface area contributed by atoms with Crippen molar-refractivity contribution in [3.63, 3.8) is 0 Å². The van der Waals surface area contributed by atoms with Gasteiger partial charge in [-0.1, -0.05) is 37.3 Å². The molecule has 1 aromatic rings. The van der Waals surface area contributed by atoms with Crippen molar-refractivity contribution >= 4 is 6.47 Å². The molecule has 0 bridgehead atoms. The number of hydrogen-bond donors (Lipinski definition) is 0. The standard InChI is InChI=1S/C13H17O2/c1-12(7-5-6-10-15-11-14)13-8-3-2-4-9-13/h2-4,8-9,12H,5-7,10H2,1H3. The van der Waals surface area contributed by atoms with Crippen LogP contribution in [0.1, 0.15) is 37.7 Å². The van der Waals surface area contributed by atoms with Crippen molar-refractivity contribution in [3.05, 3.63) is 35.9 Å². The van der Waals surface area contributed by atoms with E-state index in [0.29, 0.717) is 12.5 Å². The number of carbonyl (C=O) groups excluding carboxylic acids is 1. The van der Waals surface area contributed by atoms with Crippen molar-refractivity contribution < 1.29 is 9.53 Å². The molecule has 0 aliphatic rings. The van der Waals surface area contributed by atoms with E-state index < -0.39 is 0 Å². The molecule has 0 aliphatic carbocycles. The number of unbranched alkanes of at least 4 members (excludes halogenated alkanes) is 1. The molecule has 2 heteroatoms. The highest BCUT2D eigenvalue weighted by Crippen LogP contribution is 2.20. The molecule has 1 rings (SSSR count). The largest absolute Gasteiger partial charge is 0.457 e. The lowest BCUT2D eigenvalue weighted by Gasteiger charge is -2.10. The second-order valence-corrected chi connectivity index (χ2v) is 3.74. The highest BCUT2D eigenvalue weighted by Gasteiger charge is 2.03. The smallest absolute Gasteiger partial charge is 0.417 e. The van der Waals surface area contributed by atoms with E-state index in [2.05, 4.69) is 35.9 Å². The lowest BCUT2D eigenvalue weighted by molar-refractivity contribution is 0.268. The number of hydrogen-bond acceptors (Lipinski definition) is 2. The van der Waals surface area contributed by atoms with E-state index in [4.69, 9.17) is 0 Å². The van der Waals surface area contributed by atoms with E-state index in [0.717, 1.165) is 19.3 Å². The summed E-state index contributed by atoms with van der Waals surface area (Å²) in [5.41, 5.74) is 1.38. The first-order valence-electron chi connectivity index (χ1n) is 5.38. The molecule has 1 radical (unpaired) electrons. The van der Waals surface area contributed by atoms with Gasteiger partial charge in [0.15, 0.2) is 0 Å². The molecule has 2 nitrogen and oxygen atoms in total. The summed E-state index contributed by atoms with van der Waals surface area (Å²) in [7, 11) is 0. The van der Waals surface area contributed by atoms with Crippen molar-refractivity contribution in [1.82, 2.24) is 0 Å². The van der Waals surface area contributed by atoms with Crippen LogP contribution >= 0.6 is 0 Å². The van der Waals surface area contributed by atoms with Gasteiger partial charge >= 0.3 is 6.47 Å². The van der Waals surface area contributed by atoms with E-state index in [9.17, 15) is 4.79 Å². The predicted octanol–water partition coefficient (Wildman–Crippen LogP) is 3.04. The predicted molar refractivity (Wildman–Crippen MR) is 60.4 cm³/mol. The minimum atomic E-state index is 0.491. The van der Waals surface area contributed by atoms with Crippen LogP contribution in [-0.2, 0) is 9.53 Å². The van der Waals surface area contributed by atoms with Crippen LogP contribution in [-0.4, -0.2) is 13.1 Å². The molecule has 1 unspecified atom stereocenters. The Labute approximate surface area is 91.3 Å². The van der Waals surface area contributed by atoms with Gasteiger partial charge in [-0.25, -0.2) is 4.79 Å². The summed E-state index contributed by atoms with van der Waals surface area (Å²) >= 11 is 0. The third-order valence-corrected chi connectivity index (χ3v) is 2.56. The summed E-state index contributed by atoms with van der Waals surface area (Å²) in [5.74, 6) is 0.575. The van der Waals surface area contributed by atoms with Crippen LogP contribution in [0.15, 0.2) is 30.3 Å². The Morgan fingerprint density at radius 2 is 2.00 bits per heavy atom. The second kappa shape index (κ2) is 7.04. The van der Waals surface area contributed by atoms with Gasteiger partial charge in [0.25, 0.3) is 0 Å². The van der Waals surface area contributed by atoms with E-state index in [1.54, 1.807) is 0 Å². The topological polar surface area (TPSA) is 26.3 Å². The molecule has 0 fully saturated rings. The summed E-state index contributed by atoms with van der Waals surface area (Å²) in [6.45, 7) is 4.15. The zero-order valence-corrected chi connectivity index (χ0v) is 9.11. The maximum Gasteiger partial charge on any atom is 0.417 e. The zero-order chi connectivity index (χ0) is 10.9. The number of rotatable bonds is 7. The lowest BCUT2D eigenvalue weighted by atomic mass is 9.96. The van der Waals surface area contributed by atoms with E-state index in [1.807, 2.05) is 6.07 Å². The fourth-order valence-corrected chi connectivity index (χ4v) is 1.61. The van der Waals surface area contributed by atoms with Gasteiger partial charge in [0.1, 0.15) is 0 Å². The van der Waals surface area contributed by atoms with Crippen LogP contribution in [0.25, 0.3) is 0 Å². The van der Waals surface area contributed by atoms with E-state index in [-0.39, 0.29) is 0 Å². The van der Waals surface area contributed by atoms with Crippen molar-refractivity contribution in [2.75, 3.05) is 6.61 Å². The Hall–Kier alpha value is -1.31. The first-order valence-corrected chi connectivity index (χ1v) is 5.38. The average Bonchev–Trinajstić information content (AvgIpc) is 2.30. The highest BCUT2D eigenvalue weighted by molar-refractivity contribution is 5.37. The molecule has 0 saturated heterocycles. The van der Waals surface area contributed by atoms with Gasteiger partial charge in [-0.15, -0.1) is 0 Å². The maximum atomic E-state index is 9.78. The molecule has 15 heavy (non-hydrogen) atoms. The molecule has 1 atom stereocenters. The summed E-state index contributed by atoms with van der Waals surface area (Å²) in [5, 5.41) is 0. The molecule has 81 valence electrons. The van der Waals surface area contributed by atoms with Gasteiger partial charge in [-0.3, -0.25) is 0 Å².